The van der Waals surface area contributed by atoms with Crippen LogP contribution in [0.5, 0.6) is 0 Å². The summed E-state index contributed by atoms with van der Waals surface area (Å²) in [4.78, 5) is 15.8. The van der Waals surface area contributed by atoms with E-state index in [0.717, 1.165) is 0 Å². The largest absolute Gasteiger partial charge is 0.359 e. The summed E-state index contributed by atoms with van der Waals surface area (Å²) in [7, 11) is 0. The molecule has 0 N–H and O–H groups in total. The van der Waals surface area contributed by atoms with Gasteiger partial charge in [-0.3, -0.25) is 4.90 Å². The summed E-state index contributed by atoms with van der Waals surface area (Å²) in [5.74, 6) is 1.38. The van der Waals surface area contributed by atoms with Gasteiger partial charge in [-0.15, -0.1) is 24.8 Å². The zero-order valence-corrected chi connectivity index (χ0v) is 14.8. The van der Waals surface area contributed by atoms with Crippen molar-refractivity contribution in [3.63, 3.8) is 0 Å². The third-order valence-corrected chi connectivity index (χ3v) is 5.05. The van der Waals surface area contributed by atoms with E-state index < -0.39 is 5.50 Å². The first kappa shape index (κ1) is 17.9. The molecule has 0 saturated carbocycles. The molecule has 23 heavy (non-hydrogen) atoms. The Bertz CT molecular complexity index is 600. The van der Waals surface area contributed by atoms with E-state index in [1.165, 1.54) is 4.90 Å². The van der Waals surface area contributed by atoms with Crippen molar-refractivity contribution in [3.05, 3.63) is 37.1 Å². The van der Waals surface area contributed by atoms with Crippen molar-refractivity contribution in [2.75, 3.05) is 17.3 Å². The van der Waals surface area contributed by atoms with Crippen molar-refractivity contribution < 1.29 is 9.32 Å². The number of amides is 2. The summed E-state index contributed by atoms with van der Waals surface area (Å²) < 4.78 is 5.37. The lowest BCUT2D eigenvalue weighted by molar-refractivity contribution is 0.212. The maximum absolute atomic E-state index is 12.7. The van der Waals surface area contributed by atoms with Crippen LogP contribution >= 0.6 is 23.2 Å². The molecule has 0 aliphatic carbocycles. The van der Waals surface area contributed by atoms with E-state index in [1.807, 2.05) is 13.8 Å². The fourth-order valence-corrected chi connectivity index (χ4v) is 3.01. The van der Waals surface area contributed by atoms with Crippen LogP contribution in [0.1, 0.15) is 26.0 Å². The molecule has 2 amide bonds. The maximum atomic E-state index is 12.7. The Morgan fingerprint density at radius 2 is 2.13 bits per heavy atom. The van der Waals surface area contributed by atoms with E-state index in [-0.39, 0.29) is 17.5 Å². The lowest BCUT2D eigenvalue weighted by Gasteiger charge is -2.21. The number of urea groups is 1. The molecule has 1 aliphatic heterocycles. The molecule has 1 aliphatic rings. The summed E-state index contributed by atoms with van der Waals surface area (Å²) in [5.41, 5.74) is -0.934. The SMILES string of the molecule is C=CCC1C(Cl)N(c2cc(C(C)(C)CCl)on2)C(=O)N1CC=C. The van der Waals surface area contributed by atoms with E-state index in [0.29, 0.717) is 30.4 Å². The first-order chi connectivity index (χ1) is 10.9. The topological polar surface area (TPSA) is 49.6 Å². The summed E-state index contributed by atoms with van der Waals surface area (Å²) in [6.07, 6.45) is 4.01. The Morgan fingerprint density at radius 3 is 2.70 bits per heavy atom. The third kappa shape index (κ3) is 3.26. The van der Waals surface area contributed by atoms with Crippen molar-refractivity contribution in [1.82, 2.24) is 10.1 Å². The summed E-state index contributed by atoms with van der Waals surface area (Å²) in [6.45, 7) is 11.7. The normalized spacial score (nSPS) is 21.8. The highest BCUT2D eigenvalue weighted by Crippen LogP contribution is 2.35. The minimum atomic E-state index is -0.558. The van der Waals surface area contributed by atoms with Gasteiger partial charge in [-0.2, -0.15) is 0 Å². The number of nitrogens with zero attached hydrogens (tertiary/aromatic N) is 3. The first-order valence-corrected chi connectivity index (χ1v) is 8.33. The summed E-state index contributed by atoms with van der Waals surface area (Å²) in [5, 5.41) is 4.01. The lowest BCUT2D eigenvalue weighted by Crippen LogP contribution is -2.35. The van der Waals surface area contributed by atoms with Gasteiger partial charge < -0.3 is 9.42 Å². The van der Waals surface area contributed by atoms with Crippen LogP contribution in [0.25, 0.3) is 0 Å². The van der Waals surface area contributed by atoms with Gasteiger partial charge in [0.15, 0.2) is 5.82 Å². The average molecular weight is 358 g/mol. The Morgan fingerprint density at radius 1 is 1.43 bits per heavy atom. The molecule has 0 aromatic carbocycles. The molecule has 126 valence electrons. The Kier molecular flexibility index (Phi) is 5.42. The second kappa shape index (κ2) is 6.97. The molecular weight excluding hydrogens is 337 g/mol. The number of aromatic nitrogens is 1. The van der Waals surface area contributed by atoms with Gasteiger partial charge in [-0.25, -0.2) is 4.79 Å². The van der Waals surface area contributed by atoms with Gasteiger partial charge in [0.05, 0.1) is 6.04 Å². The van der Waals surface area contributed by atoms with Crippen LogP contribution in [0.2, 0.25) is 0 Å². The van der Waals surface area contributed by atoms with Crippen LogP contribution in [-0.2, 0) is 5.41 Å². The second-order valence-corrected chi connectivity index (χ2v) is 6.84. The quantitative estimate of drug-likeness (QED) is 0.418. The third-order valence-electron chi connectivity index (χ3n) is 3.90. The molecule has 5 nitrogen and oxygen atoms in total. The minimum Gasteiger partial charge on any atom is -0.359 e. The number of carbonyl (C=O) groups excluding carboxylic acids is 1. The van der Waals surface area contributed by atoms with Crippen molar-refractivity contribution >= 4 is 35.1 Å². The fourth-order valence-electron chi connectivity index (χ4n) is 2.46. The monoisotopic (exact) mass is 357 g/mol. The highest BCUT2D eigenvalue weighted by molar-refractivity contribution is 6.26. The molecule has 1 fully saturated rings. The van der Waals surface area contributed by atoms with Crippen molar-refractivity contribution in [3.8, 4) is 0 Å². The molecule has 0 bridgehead atoms. The average Bonchev–Trinajstić information content (AvgIpc) is 3.08. The van der Waals surface area contributed by atoms with Gasteiger partial charge in [0.2, 0.25) is 0 Å². The smallest absolute Gasteiger partial charge is 0.327 e. The summed E-state index contributed by atoms with van der Waals surface area (Å²) in [6, 6.07) is 1.30. The molecule has 2 unspecified atom stereocenters. The molecular formula is C16H21Cl2N3O2. The van der Waals surface area contributed by atoms with E-state index in [4.69, 9.17) is 27.7 Å². The Balaban J connectivity index is 2.33. The van der Waals surface area contributed by atoms with E-state index in [2.05, 4.69) is 18.3 Å². The Labute approximate surface area is 146 Å². The number of hydrogen-bond donors (Lipinski definition) is 0. The molecule has 1 saturated heterocycles. The van der Waals surface area contributed by atoms with Gasteiger partial charge in [0.25, 0.3) is 0 Å². The number of hydrogen-bond acceptors (Lipinski definition) is 3. The van der Waals surface area contributed by atoms with Crippen LogP contribution < -0.4 is 4.90 Å². The molecule has 0 spiro atoms. The molecule has 2 rings (SSSR count). The number of anilines is 1. The molecule has 0 radical (unpaired) electrons. The van der Waals surface area contributed by atoms with Gasteiger partial charge in [0.1, 0.15) is 11.3 Å². The van der Waals surface area contributed by atoms with Crippen molar-refractivity contribution in [2.45, 2.75) is 37.2 Å². The zero-order valence-electron chi connectivity index (χ0n) is 13.3. The number of halogens is 2. The predicted octanol–water partition coefficient (Wildman–Crippen LogP) is 4.13. The highest BCUT2D eigenvalue weighted by atomic mass is 35.5. The van der Waals surface area contributed by atoms with Gasteiger partial charge in [-0.1, -0.05) is 42.8 Å². The van der Waals surface area contributed by atoms with E-state index in [9.17, 15) is 4.79 Å². The first-order valence-electron chi connectivity index (χ1n) is 7.36. The van der Waals surface area contributed by atoms with Crippen molar-refractivity contribution in [2.24, 2.45) is 0 Å². The van der Waals surface area contributed by atoms with Gasteiger partial charge in [-0.05, 0) is 6.42 Å². The standard InChI is InChI=1S/C16H21Cl2N3O2/c1-5-7-11-14(18)21(15(22)20(11)8-6-2)13-9-12(23-19-13)16(3,4)10-17/h5-6,9,11,14H,1-2,7-8,10H2,3-4H3. The lowest BCUT2D eigenvalue weighted by atomic mass is 9.93. The molecule has 2 heterocycles. The van der Waals surface area contributed by atoms with Crippen LogP contribution in [0.15, 0.2) is 35.9 Å². The van der Waals surface area contributed by atoms with E-state index in [1.54, 1.807) is 23.1 Å². The molecule has 1 aromatic heterocycles. The second-order valence-electron chi connectivity index (χ2n) is 6.12. The number of carbonyl (C=O) groups is 1. The molecule has 2 atom stereocenters. The molecule has 7 heteroatoms. The van der Waals surface area contributed by atoms with Crippen LogP contribution in [-0.4, -0.2) is 40.1 Å². The van der Waals surface area contributed by atoms with Gasteiger partial charge in [0, 0.05) is 23.9 Å². The fraction of sp³-hybridized carbons (Fsp3) is 0.500. The maximum Gasteiger partial charge on any atom is 0.327 e. The predicted molar refractivity (Wildman–Crippen MR) is 93.3 cm³/mol. The van der Waals surface area contributed by atoms with Crippen molar-refractivity contribution in [1.29, 1.82) is 0 Å². The van der Waals surface area contributed by atoms with Crippen LogP contribution in [0.4, 0.5) is 10.6 Å². The minimum absolute atomic E-state index is 0.194. The molecule has 1 aromatic rings. The zero-order chi connectivity index (χ0) is 17.2. The van der Waals surface area contributed by atoms with Gasteiger partial charge >= 0.3 is 6.03 Å². The van der Waals surface area contributed by atoms with Crippen LogP contribution in [0, 0.1) is 0 Å². The Hall–Kier alpha value is -1.46. The number of rotatable bonds is 7. The highest BCUT2D eigenvalue weighted by Gasteiger charge is 2.46. The summed E-state index contributed by atoms with van der Waals surface area (Å²) >= 11 is 12.5. The number of alkyl halides is 2. The van der Waals surface area contributed by atoms with E-state index >= 15 is 0 Å². The van der Waals surface area contributed by atoms with Crippen LogP contribution in [0.3, 0.4) is 0 Å².